The van der Waals surface area contributed by atoms with Gasteiger partial charge in [0.25, 0.3) is 0 Å². The molecule has 2 aromatic rings. The Morgan fingerprint density at radius 2 is 2.12 bits per heavy atom. The second-order valence-corrected chi connectivity index (χ2v) is 5.03. The van der Waals surface area contributed by atoms with Crippen molar-refractivity contribution in [2.24, 2.45) is 0 Å². The van der Waals surface area contributed by atoms with Crippen molar-refractivity contribution in [3.8, 4) is 0 Å². The summed E-state index contributed by atoms with van der Waals surface area (Å²) < 4.78 is 5.04. The van der Waals surface area contributed by atoms with Crippen LogP contribution in [0.3, 0.4) is 0 Å². The number of nitrogens with zero attached hydrogens (tertiary/aromatic N) is 3. The Kier molecular flexibility index (Phi) is 3.06. The third kappa shape index (κ3) is 2.12. The standard InChI is InChI=1S/C11H13N3O2S/c1-4-16-10(15)11(2,3)9-14-7-8(17-9)13-6-5-12-7/h5-6H,4H2,1-3H3. The minimum Gasteiger partial charge on any atom is -0.465 e. The quantitative estimate of drug-likeness (QED) is 0.780. The van der Waals surface area contributed by atoms with Gasteiger partial charge in [0.15, 0.2) is 10.5 Å². The summed E-state index contributed by atoms with van der Waals surface area (Å²) in [6.45, 7) is 5.74. The van der Waals surface area contributed by atoms with Gasteiger partial charge in [-0.05, 0) is 20.8 Å². The molecule has 0 spiro atoms. The summed E-state index contributed by atoms with van der Waals surface area (Å²) in [4.78, 5) is 25.2. The van der Waals surface area contributed by atoms with E-state index >= 15 is 0 Å². The van der Waals surface area contributed by atoms with E-state index < -0.39 is 5.41 Å². The second-order valence-electron chi connectivity index (χ2n) is 4.05. The zero-order valence-electron chi connectivity index (χ0n) is 9.93. The zero-order valence-corrected chi connectivity index (χ0v) is 10.7. The van der Waals surface area contributed by atoms with Gasteiger partial charge in [-0.3, -0.25) is 4.79 Å². The van der Waals surface area contributed by atoms with E-state index in [1.807, 2.05) is 0 Å². The largest absolute Gasteiger partial charge is 0.465 e. The fourth-order valence-corrected chi connectivity index (χ4v) is 2.30. The molecule has 0 saturated heterocycles. The molecule has 2 aromatic heterocycles. The molecule has 0 aliphatic heterocycles. The van der Waals surface area contributed by atoms with E-state index in [9.17, 15) is 4.79 Å². The van der Waals surface area contributed by atoms with Crippen LogP contribution < -0.4 is 0 Å². The Labute approximate surface area is 103 Å². The molecule has 0 atom stereocenters. The molecule has 0 bridgehead atoms. The van der Waals surface area contributed by atoms with Crippen molar-refractivity contribution in [1.29, 1.82) is 0 Å². The number of aromatic nitrogens is 3. The van der Waals surface area contributed by atoms with Gasteiger partial charge in [-0.15, -0.1) is 0 Å². The van der Waals surface area contributed by atoms with Gasteiger partial charge in [-0.2, -0.15) is 0 Å². The second kappa shape index (κ2) is 4.37. The number of carbonyl (C=O) groups is 1. The highest BCUT2D eigenvalue weighted by Gasteiger charge is 2.35. The summed E-state index contributed by atoms with van der Waals surface area (Å²) in [6, 6.07) is 0. The number of hydrogen-bond donors (Lipinski definition) is 0. The van der Waals surface area contributed by atoms with Gasteiger partial charge < -0.3 is 4.74 Å². The van der Waals surface area contributed by atoms with Crippen LogP contribution in [0.5, 0.6) is 0 Å². The van der Waals surface area contributed by atoms with Gasteiger partial charge in [-0.25, -0.2) is 15.0 Å². The average Bonchev–Trinajstić information content (AvgIpc) is 2.73. The molecule has 5 nitrogen and oxygen atoms in total. The number of hydrogen-bond acceptors (Lipinski definition) is 6. The van der Waals surface area contributed by atoms with Crippen molar-refractivity contribution in [3.05, 3.63) is 17.4 Å². The molecule has 17 heavy (non-hydrogen) atoms. The van der Waals surface area contributed by atoms with Crippen LogP contribution in [-0.4, -0.2) is 27.5 Å². The Morgan fingerprint density at radius 3 is 2.76 bits per heavy atom. The molecular weight excluding hydrogens is 238 g/mol. The third-order valence-electron chi connectivity index (χ3n) is 2.37. The lowest BCUT2D eigenvalue weighted by Crippen LogP contribution is -2.30. The normalized spacial score (nSPS) is 11.7. The molecule has 0 fully saturated rings. The van der Waals surface area contributed by atoms with Gasteiger partial charge >= 0.3 is 5.97 Å². The molecule has 0 unspecified atom stereocenters. The number of ether oxygens (including phenoxy) is 1. The van der Waals surface area contributed by atoms with Gasteiger partial charge in [-0.1, -0.05) is 11.3 Å². The first-order chi connectivity index (χ1) is 8.05. The van der Waals surface area contributed by atoms with Gasteiger partial charge in [0.2, 0.25) is 0 Å². The maximum Gasteiger partial charge on any atom is 0.318 e. The smallest absolute Gasteiger partial charge is 0.318 e. The highest BCUT2D eigenvalue weighted by Crippen LogP contribution is 2.30. The summed E-state index contributed by atoms with van der Waals surface area (Å²) in [5, 5.41) is 0.678. The van der Waals surface area contributed by atoms with Gasteiger partial charge in [0.05, 0.1) is 6.61 Å². The van der Waals surface area contributed by atoms with E-state index in [-0.39, 0.29) is 5.97 Å². The fraction of sp³-hybridized carbons (Fsp3) is 0.455. The zero-order chi connectivity index (χ0) is 12.5. The SMILES string of the molecule is CCOC(=O)C(C)(C)c1nc2nccnc2s1. The maximum absolute atomic E-state index is 11.8. The molecule has 6 heteroatoms. The first kappa shape index (κ1) is 11.9. The lowest BCUT2D eigenvalue weighted by atomic mass is 9.95. The van der Waals surface area contributed by atoms with E-state index in [1.54, 1.807) is 33.2 Å². The van der Waals surface area contributed by atoms with Crippen LogP contribution in [-0.2, 0) is 14.9 Å². The van der Waals surface area contributed by atoms with E-state index in [1.165, 1.54) is 11.3 Å². The molecule has 2 rings (SSSR count). The first-order valence-electron chi connectivity index (χ1n) is 5.31. The van der Waals surface area contributed by atoms with Crippen molar-refractivity contribution in [2.45, 2.75) is 26.2 Å². The Balaban J connectivity index is 2.41. The molecule has 2 heterocycles. The topological polar surface area (TPSA) is 65.0 Å². The predicted molar refractivity (Wildman–Crippen MR) is 64.9 cm³/mol. The van der Waals surface area contributed by atoms with Crippen LogP contribution in [0.15, 0.2) is 12.4 Å². The molecule has 0 N–H and O–H groups in total. The van der Waals surface area contributed by atoms with Crippen LogP contribution in [0, 0.1) is 0 Å². The Hall–Kier alpha value is -1.56. The third-order valence-corrected chi connectivity index (χ3v) is 3.64. The predicted octanol–water partition coefficient (Wildman–Crippen LogP) is 1.93. The number of fused-ring (bicyclic) bond motifs is 1. The number of esters is 1. The van der Waals surface area contributed by atoms with Crippen LogP contribution in [0.2, 0.25) is 0 Å². The van der Waals surface area contributed by atoms with E-state index in [0.717, 1.165) is 4.83 Å². The summed E-state index contributed by atoms with van der Waals surface area (Å²) in [5.74, 6) is -0.279. The summed E-state index contributed by atoms with van der Waals surface area (Å²) in [6.07, 6.45) is 3.20. The van der Waals surface area contributed by atoms with Crippen molar-refractivity contribution in [1.82, 2.24) is 15.0 Å². The molecule has 0 aromatic carbocycles. The minimum absolute atomic E-state index is 0.279. The Morgan fingerprint density at radius 1 is 1.41 bits per heavy atom. The van der Waals surface area contributed by atoms with Crippen LogP contribution in [0.25, 0.3) is 10.5 Å². The van der Waals surface area contributed by atoms with Crippen molar-refractivity contribution in [3.63, 3.8) is 0 Å². The first-order valence-corrected chi connectivity index (χ1v) is 6.12. The van der Waals surface area contributed by atoms with Crippen LogP contribution >= 0.6 is 11.3 Å². The highest BCUT2D eigenvalue weighted by atomic mass is 32.1. The van der Waals surface area contributed by atoms with Crippen LogP contribution in [0.1, 0.15) is 25.8 Å². The molecule has 0 radical (unpaired) electrons. The number of thiazole rings is 1. The lowest BCUT2D eigenvalue weighted by molar-refractivity contribution is -0.148. The van der Waals surface area contributed by atoms with Gasteiger partial charge in [0, 0.05) is 12.4 Å². The van der Waals surface area contributed by atoms with Crippen molar-refractivity contribution >= 4 is 27.8 Å². The molecule has 0 aliphatic rings. The molecule has 0 saturated carbocycles. The molecule has 0 amide bonds. The number of carbonyl (C=O) groups excluding carboxylic acids is 1. The Bertz CT molecular complexity index is 517. The summed E-state index contributed by atoms with van der Waals surface area (Å²) in [5.41, 5.74) is -0.187. The number of rotatable bonds is 3. The minimum atomic E-state index is -0.761. The van der Waals surface area contributed by atoms with Crippen LogP contribution in [0.4, 0.5) is 0 Å². The van der Waals surface area contributed by atoms with E-state index in [4.69, 9.17) is 4.74 Å². The summed E-state index contributed by atoms with van der Waals surface area (Å²) >= 11 is 1.37. The van der Waals surface area contributed by atoms with Gasteiger partial charge in [0.1, 0.15) is 10.4 Å². The van der Waals surface area contributed by atoms with Crippen molar-refractivity contribution in [2.75, 3.05) is 6.61 Å². The van der Waals surface area contributed by atoms with E-state index in [0.29, 0.717) is 17.3 Å². The monoisotopic (exact) mass is 251 g/mol. The average molecular weight is 251 g/mol. The fourth-order valence-electron chi connectivity index (χ4n) is 1.34. The highest BCUT2D eigenvalue weighted by molar-refractivity contribution is 7.18. The van der Waals surface area contributed by atoms with Crippen molar-refractivity contribution < 1.29 is 9.53 Å². The maximum atomic E-state index is 11.8. The van der Waals surface area contributed by atoms with E-state index in [2.05, 4.69) is 15.0 Å². The lowest BCUT2D eigenvalue weighted by Gasteiger charge is -2.18. The molecule has 90 valence electrons. The summed E-state index contributed by atoms with van der Waals surface area (Å²) in [7, 11) is 0. The molecule has 0 aliphatic carbocycles. The molecular formula is C11H13N3O2S.